The molecule has 50 heavy (non-hydrogen) atoms. The van der Waals surface area contributed by atoms with Crippen LogP contribution in [-0.2, 0) is 0 Å². The fourth-order valence-corrected chi connectivity index (χ4v) is 8.08. The second-order valence-corrected chi connectivity index (χ2v) is 13.4. The Morgan fingerprint density at radius 3 is 1.80 bits per heavy atom. The topological polar surface area (TPSA) is 56.5 Å². The minimum atomic E-state index is 0.590. The maximum Gasteiger partial charge on any atom is 0.166 e. The van der Waals surface area contributed by atoms with Gasteiger partial charge in [-0.25, -0.2) is 15.0 Å². The molecular formula is C44H27N5S. The van der Waals surface area contributed by atoms with E-state index in [2.05, 4.69) is 94.5 Å². The highest BCUT2D eigenvalue weighted by Crippen LogP contribution is 2.40. The summed E-state index contributed by atoms with van der Waals surface area (Å²) >= 11 is 1.84. The third kappa shape index (κ3) is 4.69. The molecule has 234 valence electrons. The minimum absolute atomic E-state index is 0.590. The lowest BCUT2D eigenvalue weighted by molar-refractivity contribution is 1.06. The molecule has 0 radical (unpaired) electrons. The first-order valence-electron chi connectivity index (χ1n) is 16.5. The summed E-state index contributed by atoms with van der Waals surface area (Å²) in [6.45, 7) is 0. The molecule has 0 fully saturated rings. The lowest BCUT2D eigenvalue weighted by Gasteiger charge is -2.14. The lowest BCUT2D eigenvalue weighted by Crippen LogP contribution is -2.04. The zero-order valence-electron chi connectivity index (χ0n) is 26.7. The molecule has 6 heteroatoms. The third-order valence-electron chi connectivity index (χ3n) is 9.37. The van der Waals surface area contributed by atoms with Crippen LogP contribution in [0.25, 0.3) is 93.0 Å². The molecule has 4 heterocycles. The molecule has 0 aliphatic carbocycles. The zero-order valence-corrected chi connectivity index (χ0v) is 27.5. The van der Waals surface area contributed by atoms with Gasteiger partial charge in [-0.15, -0.1) is 11.3 Å². The molecule has 0 unspecified atom stereocenters. The highest BCUT2D eigenvalue weighted by Gasteiger charge is 2.20. The molecule has 5 nitrogen and oxygen atoms in total. The summed E-state index contributed by atoms with van der Waals surface area (Å²) in [6.07, 6.45) is 3.73. The average molecular weight is 658 g/mol. The zero-order chi connectivity index (χ0) is 33.0. The number of thiophene rings is 1. The Balaban J connectivity index is 1.20. The van der Waals surface area contributed by atoms with Gasteiger partial charge >= 0.3 is 0 Å². The van der Waals surface area contributed by atoms with E-state index in [1.54, 1.807) is 0 Å². The molecule has 0 spiro atoms. The second kappa shape index (κ2) is 11.6. The van der Waals surface area contributed by atoms with Crippen LogP contribution < -0.4 is 0 Å². The fourth-order valence-electron chi connectivity index (χ4n) is 7.00. The van der Waals surface area contributed by atoms with Crippen molar-refractivity contribution in [2.24, 2.45) is 0 Å². The van der Waals surface area contributed by atoms with Crippen LogP contribution in [0.4, 0.5) is 0 Å². The van der Waals surface area contributed by atoms with Gasteiger partial charge in [0.15, 0.2) is 17.5 Å². The monoisotopic (exact) mass is 657 g/mol. The van der Waals surface area contributed by atoms with Crippen molar-refractivity contribution in [1.82, 2.24) is 24.5 Å². The molecule has 4 aromatic heterocycles. The lowest BCUT2D eigenvalue weighted by atomic mass is 10.0. The molecule has 0 atom stereocenters. The summed E-state index contributed by atoms with van der Waals surface area (Å²) in [6, 6.07) is 53.0. The third-order valence-corrected chi connectivity index (χ3v) is 10.5. The molecule has 0 aliphatic heterocycles. The summed E-state index contributed by atoms with van der Waals surface area (Å²) in [4.78, 5) is 19.7. The number of para-hydroxylation sites is 1. The van der Waals surface area contributed by atoms with Gasteiger partial charge in [0, 0.05) is 53.8 Å². The van der Waals surface area contributed by atoms with Crippen LogP contribution >= 0.6 is 11.3 Å². The van der Waals surface area contributed by atoms with Crippen LogP contribution in [0.1, 0.15) is 0 Å². The van der Waals surface area contributed by atoms with Crippen molar-refractivity contribution in [1.29, 1.82) is 0 Å². The number of rotatable bonds is 5. The highest BCUT2D eigenvalue weighted by molar-refractivity contribution is 7.25. The molecule has 0 saturated heterocycles. The van der Waals surface area contributed by atoms with Gasteiger partial charge in [0.05, 0.1) is 22.9 Å². The Morgan fingerprint density at radius 2 is 1.02 bits per heavy atom. The quantitative estimate of drug-likeness (QED) is 0.185. The maximum absolute atomic E-state index is 5.08. The van der Waals surface area contributed by atoms with Crippen molar-refractivity contribution in [3.05, 3.63) is 164 Å². The van der Waals surface area contributed by atoms with E-state index in [0.717, 1.165) is 39.0 Å². The first kappa shape index (κ1) is 28.5. The Labute approximate surface area is 291 Å². The van der Waals surface area contributed by atoms with Gasteiger partial charge in [-0.2, -0.15) is 0 Å². The van der Waals surface area contributed by atoms with Gasteiger partial charge < -0.3 is 4.57 Å². The van der Waals surface area contributed by atoms with Crippen molar-refractivity contribution in [3.8, 4) is 51.0 Å². The molecule has 0 amide bonds. The van der Waals surface area contributed by atoms with E-state index in [1.807, 2.05) is 90.5 Å². The normalized spacial score (nSPS) is 11.6. The van der Waals surface area contributed by atoms with E-state index in [1.165, 1.54) is 36.5 Å². The van der Waals surface area contributed by atoms with Gasteiger partial charge in [-0.3, -0.25) is 4.98 Å². The number of pyridine rings is 1. The molecule has 10 aromatic rings. The number of benzene rings is 6. The largest absolute Gasteiger partial charge is 0.307 e. The van der Waals surface area contributed by atoms with Gasteiger partial charge in [-0.1, -0.05) is 115 Å². The maximum atomic E-state index is 5.08. The van der Waals surface area contributed by atoms with Crippen molar-refractivity contribution >= 4 is 53.3 Å². The molecular weight excluding hydrogens is 631 g/mol. The number of hydrogen-bond acceptors (Lipinski definition) is 5. The van der Waals surface area contributed by atoms with E-state index in [4.69, 9.17) is 15.0 Å². The smallest absolute Gasteiger partial charge is 0.166 e. The van der Waals surface area contributed by atoms with Gasteiger partial charge in [0.25, 0.3) is 0 Å². The van der Waals surface area contributed by atoms with Crippen molar-refractivity contribution in [2.75, 3.05) is 0 Å². The fraction of sp³-hybridized carbons (Fsp3) is 0. The number of nitrogens with zero attached hydrogens (tertiary/aromatic N) is 5. The van der Waals surface area contributed by atoms with E-state index in [0.29, 0.717) is 17.5 Å². The summed E-state index contributed by atoms with van der Waals surface area (Å²) in [5, 5.41) is 4.93. The van der Waals surface area contributed by atoms with Crippen LogP contribution in [0.2, 0.25) is 0 Å². The minimum Gasteiger partial charge on any atom is -0.307 e. The predicted octanol–water partition coefficient (Wildman–Crippen LogP) is 11.4. The van der Waals surface area contributed by atoms with E-state index in [-0.39, 0.29) is 0 Å². The van der Waals surface area contributed by atoms with Crippen LogP contribution in [0, 0.1) is 0 Å². The average Bonchev–Trinajstić information content (AvgIpc) is 3.73. The summed E-state index contributed by atoms with van der Waals surface area (Å²) in [7, 11) is 0. The molecule has 0 aliphatic rings. The van der Waals surface area contributed by atoms with Crippen molar-refractivity contribution in [2.45, 2.75) is 0 Å². The second-order valence-electron chi connectivity index (χ2n) is 12.3. The molecule has 6 aromatic carbocycles. The molecule has 0 saturated carbocycles. The molecule has 0 N–H and O–H groups in total. The van der Waals surface area contributed by atoms with Gasteiger partial charge in [0.2, 0.25) is 0 Å². The Kier molecular flexibility index (Phi) is 6.60. The Morgan fingerprint density at radius 1 is 0.420 bits per heavy atom. The number of fused-ring (bicyclic) bond motifs is 6. The van der Waals surface area contributed by atoms with Crippen LogP contribution in [0.5, 0.6) is 0 Å². The highest BCUT2D eigenvalue weighted by atomic mass is 32.1. The molecule has 10 rings (SSSR count). The molecule has 0 bridgehead atoms. The first-order chi connectivity index (χ1) is 24.8. The van der Waals surface area contributed by atoms with Crippen molar-refractivity contribution < 1.29 is 0 Å². The SMILES string of the molecule is c1ccc(-c2nc(-c3ccccc3)nc(-c3ccncc3-n3c4ccccc4c4ccc(-c5ccc6sc7ccccc7c6c5)cc43)n2)cc1. The number of hydrogen-bond donors (Lipinski definition) is 0. The van der Waals surface area contributed by atoms with Gasteiger partial charge in [-0.05, 0) is 47.5 Å². The van der Waals surface area contributed by atoms with E-state index in [9.17, 15) is 0 Å². The van der Waals surface area contributed by atoms with E-state index >= 15 is 0 Å². The Hall–Kier alpha value is -6.50. The standard InChI is InChI=1S/C44H27N5S/c1-3-11-28(12-4-1)42-46-43(29-13-5-2-6-14-29)48-44(47-42)35-23-24-45-27-39(35)49-37-17-9-7-15-32(37)33-21-19-31(26-38(33)49)30-20-22-41-36(25-30)34-16-8-10-18-40(34)50-41/h1-27H. The van der Waals surface area contributed by atoms with E-state index < -0.39 is 0 Å². The first-order valence-corrected chi connectivity index (χ1v) is 17.4. The van der Waals surface area contributed by atoms with Crippen molar-refractivity contribution in [3.63, 3.8) is 0 Å². The summed E-state index contributed by atoms with van der Waals surface area (Å²) in [5.74, 6) is 1.84. The predicted molar refractivity (Wildman–Crippen MR) is 207 cm³/mol. The Bertz CT molecular complexity index is 2820. The van der Waals surface area contributed by atoms with Crippen LogP contribution in [0.3, 0.4) is 0 Å². The number of aromatic nitrogens is 5. The van der Waals surface area contributed by atoms with Crippen LogP contribution in [-0.4, -0.2) is 24.5 Å². The summed E-state index contributed by atoms with van der Waals surface area (Å²) < 4.78 is 4.92. The van der Waals surface area contributed by atoms with Gasteiger partial charge in [0.1, 0.15) is 0 Å². The summed E-state index contributed by atoms with van der Waals surface area (Å²) in [5.41, 5.74) is 8.16. The van der Waals surface area contributed by atoms with Crippen LogP contribution in [0.15, 0.2) is 164 Å².